The number of rotatable bonds is 5. The van der Waals surface area contributed by atoms with Gasteiger partial charge in [0.25, 0.3) is 5.91 Å². The Labute approximate surface area is 173 Å². The standard InChI is InChI=1S/C19H15Cl2N3O3S/c20-12-6-7-17(15(21)8-12)27-9-18(25)22-19-14-10-28(26)11-16(14)23-24(19)13-4-2-1-3-5-13/h1-8H,9-11H2,(H,22,25). The number of anilines is 1. The Morgan fingerprint density at radius 2 is 1.96 bits per heavy atom. The molecule has 0 spiro atoms. The molecule has 1 aromatic heterocycles. The van der Waals surface area contributed by atoms with Crippen molar-refractivity contribution in [1.29, 1.82) is 0 Å². The van der Waals surface area contributed by atoms with Crippen LogP contribution in [0.5, 0.6) is 5.75 Å². The van der Waals surface area contributed by atoms with Gasteiger partial charge in [-0.05, 0) is 30.3 Å². The van der Waals surface area contributed by atoms with E-state index in [1.807, 2.05) is 30.3 Å². The van der Waals surface area contributed by atoms with Crippen molar-refractivity contribution >= 4 is 45.7 Å². The fraction of sp³-hybridized carbons (Fsp3) is 0.158. The van der Waals surface area contributed by atoms with Gasteiger partial charge in [0.15, 0.2) is 6.61 Å². The maximum Gasteiger partial charge on any atom is 0.263 e. The lowest BCUT2D eigenvalue weighted by Gasteiger charge is -2.12. The molecule has 9 heteroatoms. The summed E-state index contributed by atoms with van der Waals surface area (Å²) in [5.74, 6) is 1.26. The van der Waals surface area contributed by atoms with Crippen molar-refractivity contribution < 1.29 is 13.7 Å². The molecular formula is C19H15Cl2N3O3S. The number of hydrogen-bond acceptors (Lipinski definition) is 4. The van der Waals surface area contributed by atoms with Gasteiger partial charge in [0.05, 0.1) is 27.9 Å². The van der Waals surface area contributed by atoms with Crippen molar-refractivity contribution in [1.82, 2.24) is 9.78 Å². The summed E-state index contributed by atoms with van der Waals surface area (Å²) in [6, 6.07) is 14.2. The second kappa shape index (κ2) is 7.95. The van der Waals surface area contributed by atoms with Crippen molar-refractivity contribution in [2.75, 3.05) is 11.9 Å². The Morgan fingerprint density at radius 3 is 2.71 bits per heavy atom. The summed E-state index contributed by atoms with van der Waals surface area (Å²) < 4.78 is 19.1. The van der Waals surface area contributed by atoms with Crippen LogP contribution < -0.4 is 10.1 Å². The van der Waals surface area contributed by atoms with Crippen molar-refractivity contribution in [3.05, 3.63) is 69.8 Å². The molecule has 1 N–H and O–H groups in total. The second-order valence-corrected chi connectivity index (χ2v) is 8.46. The highest BCUT2D eigenvalue weighted by Crippen LogP contribution is 2.31. The molecule has 1 atom stereocenters. The van der Waals surface area contributed by atoms with E-state index in [2.05, 4.69) is 10.4 Å². The molecule has 1 unspecified atom stereocenters. The lowest BCUT2D eigenvalue weighted by molar-refractivity contribution is -0.118. The van der Waals surface area contributed by atoms with E-state index in [4.69, 9.17) is 27.9 Å². The molecule has 0 bridgehead atoms. The minimum Gasteiger partial charge on any atom is -0.482 e. The van der Waals surface area contributed by atoms with E-state index in [1.165, 1.54) is 0 Å². The molecule has 28 heavy (non-hydrogen) atoms. The van der Waals surface area contributed by atoms with Crippen molar-refractivity contribution in [3.8, 4) is 11.4 Å². The predicted octanol–water partition coefficient (Wildman–Crippen LogP) is 3.96. The maximum atomic E-state index is 12.5. The lowest BCUT2D eigenvalue weighted by atomic mass is 10.2. The van der Waals surface area contributed by atoms with E-state index in [0.717, 1.165) is 16.9 Å². The van der Waals surface area contributed by atoms with Crippen LogP contribution in [0.3, 0.4) is 0 Å². The van der Waals surface area contributed by atoms with Crippen LogP contribution in [0.2, 0.25) is 10.0 Å². The zero-order chi connectivity index (χ0) is 19.7. The van der Waals surface area contributed by atoms with Crippen LogP contribution in [0.25, 0.3) is 5.69 Å². The SMILES string of the molecule is O=C(COc1ccc(Cl)cc1Cl)Nc1c2c(nn1-c1ccccc1)CS(=O)C2. The molecular weight excluding hydrogens is 421 g/mol. The molecule has 6 nitrogen and oxygen atoms in total. The van der Waals surface area contributed by atoms with Crippen LogP contribution in [-0.2, 0) is 27.1 Å². The number of halogens is 2. The average Bonchev–Trinajstić information content (AvgIpc) is 3.19. The number of ether oxygens (including phenoxy) is 1. The third-order valence-electron chi connectivity index (χ3n) is 4.18. The largest absolute Gasteiger partial charge is 0.482 e. The van der Waals surface area contributed by atoms with Crippen molar-refractivity contribution in [3.63, 3.8) is 0 Å². The zero-order valence-corrected chi connectivity index (χ0v) is 16.9. The van der Waals surface area contributed by atoms with E-state index < -0.39 is 10.8 Å². The summed E-state index contributed by atoms with van der Waals surface area (Å²) in [4.78, 5) is 12.5. The third kappa shape index (κ3) is 3.92. The number of hydrogen-bond donors (Lipinski definition) is 1. The van der Waals surface area contributed by atoms with Crippen LogP contribution in [0.4, 0.5) is 5.82 Å². The smallest absolute Gasteiger partial charge is 0.263 e. The Hall–Kier alpha value is -2.35. The molecule has 144 valence electrons. The topological polar surface area (TPSA) is 73.2 Å². The average molecular weight is 436 g/mol. The van der Waals surface area contributed by atoms with Crippen LogP contribution >= 0.6 is 23.2 Å². The first-order valence-electron chi connectivity index (χ1n) is 8.40. The molecule has 1 amide bonds. The number of para-hydroxylation sites is 1. The molecule has 0 radical (unpaired) electrons. The number of amides is 1. The first-order chi connectivity index (χ1) is 13.5. The van der Waals surface area contributed by atoms with Gasteiger partial charge in [-0.25, -0.2) is 4.68 Å². The molecule has 0 fully saturated rings. The summed E-state index contributed by atoms with van der Waals surface area (Å²) in [6.07, 6.45) is 0. The predicted molar refractivity (Wildman–Crippen MR) is 110 cm³/mol. The molecule has 1 aliphatic heterocycles. The van der Waals surface area contributed by atoms with Gasteiger partial charge in [0, 0.05) is 21.4 Å². The van der Waals surface area contributed by atoms with Crippen LogP contribution in [-0.4, -0.2) is 26.5 Å². The fourth-order valence-electron chi connectivity index (χ4n) is 2.92. The summed E-state index contributed by atoms with van der Waals surface area (Å²) in [5, 5.41) is 8.19. The summed E-state index contributed by atoms with van der Waals surface area (Å²) in [7, 11) is -1.01. The minimum absolute atomic E-state index is 0.237. The Morgan fingerprint density at radius 1 is 1.18 bits per heavy atom. The molecule has 0 aliphatic carbocycles. The normalized spacial score (nSPS) is 15.3. The molecule has 1 aliphatic rings. The van der Waals surface area contributed by atoms with Crippen molar-refractivity contribution in [2.24, 2.45) is 0 Å². The van der Waals surface area contributed by atoms with E-state index in [1.54, 1.807) is 22.9 Å². The number of benzene rings is 2. The number of carbonyl (C=O) groups excluding carboxylic acids is 1. The number of nitrogens with zero attached hydrogens (tertiary/aromatic N) is 2. The second-order valence-electron chi connectivity index (χ2n) is 6.16. The number of carbonyl (C=O) groups is 1. The monoisotopic (exact) mass is 435 g/mol. The molecule has 2 heterocycles. The summed E-state index contributed by atoms with van der Waals surface area (Å²) >= 11 is 11.9. The molecule has 0 saturated carbocycles. The first-order valence-corrected chi connectivity index (χ1v) is 10.6. The number of aromatic nitrogens is 2. The van der Waals surface area contributed by atoms with Crippen molar-refractivity contribution in [2.45, 2.75) is 11.5 Å². The molecule has 2 aromatic carbocycles. The van der Waals surface area contributed by atoms with Gasteiger partial charge >= 0.3 is 0 Å². The van der Waals surface area contributed by atoms with E-state index in [-0.39, 0.29) is 12.5 Å². The van der Waals surface area contributed by atoms with Gasteiger partial charge < -0.3 is 10.1 Å². The maximum absolute atomic E-state index is 12.5. The van der Waals surface area contributed by atoms with Gasteiger partial charge in [-0.3, -0.25) is 9.00 Å². The molecule has 3 aromatic rings. The first kappa shape index (κ1) is 19.0. The highest BCUT2D eigenvalue weighted by atomic mass is 35.5. The summed E-state index contributed by atoms with van der Waals surface area (Å²) in [5.41, 5.74) is 2.33. The minimum atomic E-state index is -1.01. The Balaban J connectivity index is 1.55. The third-order valence-corrected chi connectivity index (χ3v) is 5.92. The highest BCUT2D eigenvalue weighted by molar-refractivity contribution is 7.83. The fourth-order valence-corrected chi connectivity index (χ4v) is 4.64. The van der Waals surface area contributed by atoms with Crippen LogP contribution in [0.1, 0.15) is 11.3 Å². The summed E-state index contributed by atoms with van der Waals surface area (Å²) in [6.45, 7) is -0.237. The van der Waals surface area contributed by atoms with Gasteiger partial charge in [-0.2, -0.15) is 5.10 Å². The molecule has 0 saturated heterocycles. The lowest BCUT2D eigenvalue weighted by Crippen LogP contribution is -2.22. The van der Waals surface area contributed by atoms with Gasteiger partial charge in [0.2, 0.25) is 0 Å². The molecule has 4 rings (SSSR count). The van der Waals surface area contributed by atoms with Crippen LogP contribution in [0, 0.1) is 0 Å². The van der Waals surface area contributed by atoms with E-state index in [0.29, 0.717) is 33.1 Å². The Bertz CT molecular complexity index is 1070. The highest BCUT2D eigenvalue weighted by Gasteiger charge is 2.28. The quantitative estimate of drug-likeness (QED) is 0.657. The van der Waals surface area contributed by atoms with Gasteiger partial charge in [-0.1, -0.05) is 41.4 Å². The van der Waals surface area contributed by atoms with Gasteiger partial charge in [-0.15, -0.1) is 0 Å². The van der Waals surface area contributed by atoms with E-state index >= 15 is 0 Å². The zero-order valence-electron chi connectivity index (χ0n) is 14.5. The van der Waals surface area contributed by atoms with Gasteiger partial charge in [0.1, 0.15) is 11.6 Å². The van der Waals surface area contributed by atoms with E-state index in [9.17, 15) is 9.00 Å². The van der Waals surface area contributed by atoms with Crippen LogP contribution in [0.15, 0.2) is 48.5 Å². The Kier molecular flexibility index (Phi) is 5.39. The number of nitrogens with one attached hydrogen (secondary N) is 1. The number of fused-ring (bicyclic) bond motifs is 1.